The van der Waals surface area contributed by atoms with E-state index in [0.717, 1.165) is 22.2 Å². The Morgan fingerprint density at radius 2 is 2.05 bits per heavy atom. The van der Waals surface area contributed by atoms with Crippen LogP contribution < -0.4 is 4.90 Å². The van der Waals surface area contributed by atoms with E-state index in [0.29, 0.717) is 13.2 Å². The molecule has 1 aromatic heterocycles. The van der Waals surface area contributed by atoms with Crippen LogP contribution in [0.3, 0.4) is 0 Å². The van der Waals surface area contributed by atoms with Gasteiger partial charge in [0, 0.05) is 19.0 Å². The maximum atomic E-state index is 12.1. The molecule has 2 aromatic rings. The van der Waals surface area contributed by atoms with Crippen molar-refractivity contribution in [1.29, 1.82) is 0 Å². The van der Waals surface area contributed by atoms with Gasteiger partial charge >= 0.3 is 5.97 Å². The molecule has 0 aliphatic rings. The number of rotatable bonds is 5. The topological polar surface area (TPSA) is 55.3 Å². The van der Waals surface area contributed by atoms with Crippen molar-refractivity contribution in [2.75, 3.05) is 25.1 Å². The number of hydrogen-bond donors (Lipinski definition) is 0. The predicted molar refractivity (Wildman–Crippen MR) is 83.6 cm³/mol. The minimum Gasteiger partial charge on any atom is -0.461 e. The van der Waals surface area contributed by atoms with Crippen LogP contribution in [0.1, 0.15) is 24.3 Å². The molecular weight excluding hydrogens is 266 g/mol. The smallest absolute Gasteiger partial charge is 0.361 e. The predicted octanol–water partition coefficient (Wildman–Crippen LogP) is 2.82. The third-order valence-electron chi connectivity index (χ3n) is 3.00. The Bertz CT molecular complexity index is 682. The van der Waals surface area contributed by atoms with Gasteiger partial charge in [-0.25, -0.2) is 4.79 Å². The molecule has 0 saturated carbocycles. The minimum atomic E-state index is -0.459. The summed E-state index contributed by atoms with van der Waals surface area (Å²) in [4.78, 5) is 14.1. The largest absolute Gasteiger partial charge is 0.461 e. The van der Waals surface area contributed by atoms with Crippen LogP contribution >= 0.6 is 0 Å². The molecule has 0 aliphatic carbocycles. The van der Waals surface area contributed by atoms with Gasteiger partial charge in [-0.3, -0.25) is 0 Å². The fourth-order valence-corrected chi connectivity index (χ4v) is 2.25. The van der Waals surface area contributed by atoms with Gasteiger partial charge in [-0.05, 0) is 19.9 Å². The second-order valence-corrected chi connectivity index (χ2v) is 4.95. The lowest BCUT2D eigenvalue weighted by Gasteiger charge is -2.22. The van der Waals surface area contributed by atoms with E-state index < -0.39 is 5.97 Å². The summed E-state index contributed by atoms with van der Waals surface area (Å²) in [7, 11) is 1.90. The first-order valence-corrected chi connectivity index (χ1v) is 6.82. The van der Waals surface area contributed by atoms with E-state index in [-0.39, 0.29) is 5.69 Å². The first-order valence-electron chi connectivity index (χ1n) is 6.82. The van der Waals surface area contributed by atoms with Gasteiger partial charge in [0.25, 0.3) is 0 Å². The maximum absolute atomic E-state index is 12.1. The molecule has 0 fully saturated rings. The summed E-state index contributed by atoms with van der Waals surface area (Å²) >= 11 is 0. The lowest BCUT2D eigenvalue weighted by molar-refractivity contribution is 0.0519. The van der Waals surface area contributed by atoms with Crippen molar-refractivity contribution >= 4 is 22.6 Å². The van der Waals surface area contributed by atoms with Crippen LogP contribution in [0.2, 0.25) is 0 Å². The molecule has 21 heavy (non-hydrogen) atoms. The summed E-state index contributed by atoms with van der Waals surface area (Å²) in [5.41, 5.74) is 2.70. The SMILES string of the molecule is C=C(C)CN(C)c1c(C(=O)OCC)nnc2ccccc12. The molecular formula is C16H19N3O2. The van der Waals surface area contributed by atoms with Crippen molar-refractivity contribution in [1.82, 2.24) is 10.2 Å². The summed E-state index contributed by atoms with van der Waals surface area (Å²) in [5.74, 6) is -0.459. The van der Waals surface area contributed by atoms with Crippen LogP contribution in [-0.2, 0) is 4.74 Å². The zero-order valence-electron chi connectivity index (χ0n) is 12.6. The Balaban J connectivity index is 2.62. The summed E-state index contributed by atoms with van der Waals surface area (Å²) in [6, 6.07) is 7.60. The molecule has 1 heterocycles. The van der Waals surface area contributed by atoms with E-state index in [1.807, 2.05) is 43.1 Å². The van der Waals surface area contributed by atoms with Crippen LogP contribution in [0.4, 0.5) is 5.69 Å². The molecule has 0 bridgehead atoms. The lowest BCUT2D eigenvalue weighted by atomic mass is 10.1. The van der Waals surface area contributed by atoms with Crippen LogP contribution in [0.5, 0.6) is 0 Å². The average Bonchev–Trinajstić information content (AvgIpc) is 2.45. The fourth-order valence-electron chi connectivity index (χ4n) is 2.25. The number of fused-ring (bicyclic) bond motifs is 1. The highest BCUT2D eigenvalue weighted by atomic mass is 16.5. The molecule has 0 radical (unpaired) electrons. The minimum absolute atomic E-state index is 0.235. The third-order valence-corrected chi connectivity index (χ3v) is 3.00. The van der Waals surface area contributed by atoms with Crippen LogP contribution in [0.25, 0.3) is 10.9 Å². The van der Waals surface area contributed by atoms with Crippen molar-refractivity contribution in [3.8, 4) is 0 Å². The Labute approximate surface area is 124 Å². The van der Waals surface area contributed by atoms with E-state index in [1.54, 1.807) is 6.92 Å². The van der Waals surface area contributed by atoms with Crippen molar-refractivity contribution in [3.63, 3.8) is 0 Å². The van der Waals surface area contributed by atoms with E-state index in [1.165, 1.54) is 0 Å². The van der Waals surface area contributed by atoms with Gasteiger partial charge in [0.05, 0.1) is 17.8 Å². The quantitative estimate of drug-likeness (QED) is 0.624. The Hall–Kier alpha value is -2.43. The van der Waals surface area contributed by atoms with Crippen molar-refractivity contribution < 1.29 is 9.53 Å². The standard InChI is InChI=1S/C16H19N3O2/c1-5-21-16(20)14-15(19(4)10-11(2)3)12-8-6-7-9-13(12)17-18-14/h6-9H,2,5,10H2,1,3-4H3. The molecule has 0 aliphatic heterocycles. The number of esters is 1. The summed E-state index contributed by atoms with van der Waals surface area (Å²) < 4.78 is 5.08. The first kappa shape index (κ1) is 15.0. The number of aromatic nitrogens is 2. The fraction of sp³-hybridized carbons (Fsp3) is 0.312. The van der Waals surface area contributed by atoms with Crippen molar-refractivity contribution in [3.05, 3.63) is 42.1 Å². The highest BCUT2D eigenvalue weighted by Crippen LogP contribution is 2.28. The molecule has 0 atom stereocenters. The molecule has 2 rings (SSSR count). The van der Waals surface area contributed by atoms with Crippen LogP contribution in [0.15, 0.2) is 36.4 Å². The molecule has 0 saturated heterocycles. The van der Waals surface area contributed by atoms with Crippen LogP contribution in [-0.4, -0.2) is 36.4 Å². The monoisotopic (exact) mass is 285 g/mol. The number of carbonyl (C=O) groups is 1. The average molecular weight is 285 g/mol. The number of nitrogens with zero attached hydrogens (tertiary/aromatic N) is 3. The summed E-state index contributed by atoms with van der Waals surface area (Å²) in [6.45, 7) is 8.56. The van der Waals surface area contributed by atoms with Crippen molar-refractivity contribution in [2.24, 2.45) is 0 Å². The molecule has 0 N–H and O–H groups in total. The maximum Gasteiger partial charge on any atom is 0.361 e. The Morgan fingerprint density at radius 3 is 2.71 bits per heavy atom. The van der Waals surface area contributed by atoms with E-state index in [4.69, 9.17) is 4.74 Å². The molecule has 1 aromatic carbocycles. The zero-order chi connectivity index (χ0) is 15.4. The van der Waals surface area contributed by atoms with Crippen LogP contribution in [0, 0.1) is 0 Å². The normalized spacial score (nSPS) is 10.4. The summed E-state index contributed by atoms with van der Waals surface area (Å²) in [5, 5.41) is 9.04. The molecule has 0 spiro atoms. The Morgan fingerprint density at radius 1 is 1.33 bits per heavy atom. The number of ether oxygens (including phenoxy) is 1. The molecule has 5 nitrogen and oxygen atoms in total. The number of anilines is 1. The molecule has 5 heteroatoms. The first-order chi connectivity index (χ1) is 10.0. The molecule has 0 unspecified atom stereocenters. The van der Waals surface area contributed by atoms with E-state index in [2.05, 4.69) is 16.8 Å². The third kappa shape index (κ3) is 3.18. The lowest BCUT2D eigenvalue weighted by Crippen LogP contribution is -2.24. The van der Waals surface area contributed by atoms with Gasteiger partial charge in [-0.1, -0.05) is 30.4 Å². The number of hydrogen-bond acceptors (Lipinski definition) is 5. The van der Waals surface area contributed by atoms with E-state index in [9.17, 15) is 4.79 Å². The van der Waals surface area contributed by atoms with Gasteiger partial charge in [-0.2, -0.15) is 0 Å². The van der Waals surface area contributed by atoms with E-state index >= 15 is 0 Å². The van der Waals surface area contributed by atoms with Gasteiger partial charge in [0.15, 0.2) is 5.69 Å². The zero-order valence-corrected chi connectivity index (χ0v) is 12.6. The van der Waals surface area contributed by atoms with Gasteiger partial charge in [0.1, 0.15) is 0 Å². The molecule has 0 amide bonds. The molecule has 110 valence electrons. The van der Waals surface area contributed by atoms with Gasteiger partial charge in [0.2, 0.25) is 0 Å². The van der Waals surface area contributed by atoms with Crippen molar-refractivity contribution in [2.45, 2.75) is 13.8 Å². The number of likely N-dealkylation sites (N-methyl/N-ethyl adjacent to an activating group) is 1. The highest BCUT2D eigenvalue weighted by Gasteiger charge is 2.21. The highest BCUT2D eigenvalue weighted by molar-refractivity contribution is 6.03. The summed E-state index contributed by atoms with van der Waals surface area (Å²) in [6.07, 6.45) is 0. The number of carbonyl (C=O) groups excluding carboxylic acids is 1. The number of benzene rings is 1. The second kappa shape index (κ2) is 6.35. The van der Waals surface area contributed by atoms with Gasteiger partial charge in [-0.15, -0.1) is 10.2 Å². The Kier molecular flexibility index (Phi) is 4.52. The van der Waals surface area contributed by atoms with Gasteiger partial charge < -0.3 is 9.64 Å². The second-order valence-electron chi connectivity index (χ2n) is 4.95.